The van der Waals surface area contributed by atoms with Gasteiger partial charge in [-0.15, -0.1) is 0 Å². The maximum absolute atomic E-state index is 10.7. The molecule has 0 aliphatic heterocycles. The Balaban J connectivity index is 2.26. The zero-order chi connectivity index (χ0) is 15.6. The molecule has 0 spiro atoms. The second-order valence-electron chi connectivity index (χ2n) is 4.45. The van der Waals surface area contributed by atoms with Gasteiger partial charge in [0.1, 0.15) is 16.5 Å². The molecule has 0 aliphatic rings. The SMILES string of the molecule is C[C@H](N)c1ccc(Oc2ccc([N+](=O)[O-])c(Cl)c2)c(Br)c1. The van der Waals surface area contributed by atoms with Crippen molar-refractivity contribution in [2.75, 3.05) is 0 Å². The van der Waals surface area contributed by atoms with Gasteiger partial charge >= 0.3 is 0 Å². The van der Waals surface area contributed by atoms with Gasteiger partial charge in [-0.25, -0.2) is 0 Å². The first-order valence-corrected chi connectivity index (χ1v) is 7.22. The molecule has 7 heteroatoms. The summed E-state index contributed by atoms with van der Waals surface area (Å²) in [6.45, 7) is 1.89. The molecule has 0 fully saturated rings. The van der Waals surface area contributed by atoms with Crippen molar-refractivity contribution in [1.29, 1.82) is 0 Å². The predicted octanol–water partition coefficient (Wildman–Crippen LogP) is 4.82. The lowest BCUT2D eigenvalue weighted by molar-refractivity contribution is -0.384. The fraction of sp³-hybridized carbons (Fsp3) is 0.143. The van der Waals surface area contributed by atoms with Crippen LogP contribution in [0.4, 0.5) is 5.69 Å². The van der Waals surface area contributed by atoms with E-state index in [4.69, 9.17) is 22.1 Å². The van der Waals surface area contributed by atoms with Crippen molar-refractivity contribution >= 4 is 33.2 Å². The first-order chi connectivity index (χ1) is 9.88. The number of nitro groups is 1. The van der Waals surface area contributed by atoms with Gasteiger partial charge < -0.3 is 10.5 Å². The first-order valence-electron chi connectivity index (χ1n) is 6.05. The lowest BCUT2D eigenvalue weighted by Gasteiger charge is -2.11. The van der Waals surface area contributed by atoms with Crippen molar-refractivity contribution in [3.05, 3.63) is 61.6 Å². The minimum atomic E-state index is -0.542. The maximum atomic E-state index is 10.7. The summed E-state index contributed by atoms with van der Waals surface area (Å²) in [5, 5.41) is 10.7. The molecule has 2 rings (SSSR count). The van der Waals surface area contributed by atoms with E-state index in [-0.39, 0.29) is 16.8 Å². The van der Waals surface area contributed by atoms with Crippen molar-refractivity contribution in [2.24, 2.45) is 5.73 Å². The normalized spacial score (nSPS) is 12.0. The van der Waals surface area contributed by atoms with Gasteiger partial charge in [0.15, 0.2) is 0 Å². The summed E-state index contributed by atoms with van der Waals surface area (Å²) in [7, 11) is 0. The second kappa shape index (κ2) is 6.43. The van der Waals surface area contributed by atoms with Crippen molar-refractivity contribution in [3.63, 3.8) is 0 Å². The number of nitrogens with zero attached hydrogens (tertiary/aromatic N) is 1. The molecule has 21 heavy (non-hydrogen) atoms. The van der Waals surface area contributed by atoms with Gasteiger partial charge in [-0.2, -0.15) is 0 Å². The molecule has 0 bridgehead atoms. The summed E-state index contributed by atoms with van der Waals surface area (Å²) in [6.07, 6.45) is 0. The molecule has 0 aliphatic carbocycles. The quantitative estimate of drug-likeness (QED) is 0.617. The maximum Gasteiger partial charge on any atom is 0.288 e. The highest BCUT2D eigenvalue weighted by Crippen LogP contribution is 2.34. The van der Waals surface area contributed by atoms with Crippen LogP contribution in [-0.4, -0.2) is 4.92 Å². The van der Waals surface area contributed by atoms with Gasteiger partial charge in [0, 0.05) is 18.2 Å². The average molecular weight is 372 g/mol. The number of rotatable bonds is 4. The number of hydrogen-bond acceptors (Lipinski definition) is 4. The van der Waals surface area contributed by atoms with E-state index in [0.717, 1.165) is 10.0 Å². The Labute approximate surface area is 134 Å². The molecule has 2 aromatic carbocycles. The van der Waals surface area contributed by atoms with E-state index in [2.05, 4.69) is 15.9 Å². The van der Waals surface area contributed by atoms with Crippen LogP contribution in [0.15, 0.2) is 40.9 Å². The monoisotopic (exact) mass is 370 g/mol. The van der Waals surface area contributed by atoms with E-state index in [1.54, 1.807) is 6.07 Å². The number of nitrogens with two attached hydrogens (primary N) is 1. The lowest BCUT2D eigenvalue weighted by Crippen LogP contribution is -2.04. The van der Waals surface area contributed by atoms with E-state index in [1.165, 1.54) is 18.2 Å². The fourth-order valence-electron chi connectivity index (χ4n) is 1.71. The molecule has 0 saturated carbocycles. The Morgan fingerprint density at radius 3 is 2.57 bits per heavy atom. The van der Waals surface area contributed by atoms with Gasteiger partial charge in [0.05, 0.1) is 9.40 Å². The minimum absolute atomic E-state index is 0.0285. The number of hydrogen-bond donors (Lipinski definition) is 1. The minimum Gasteiger partial charge on any atom is -0.456 e. The molecular formula is C14H12BrClN2O3. The van der Waals surface area contributed by atoms with Crippen LogP contribution in [0.3, 0.4) is 0 Å². The Morgan fingerprint density at radius 1 is 1.33 bits per heavy atom. The molecule has 0 radical (unpaired) electrons. The molecule has 110 valence electrons. The van der Waals surface area contributed by atoms with Crippen LogP contribution in [0.25, 0.3) is 0 Å². The molecule has 0 heterocycles. The zero-order valence-electron chi connectivity index (χ0n) is 11.0. The third kappa shape index (κ3) is 3.72. The van der Waals surface area contributed by atoms with E-state index in [0.29, 0.717) is 11.5 Å². The van der Waals surface area contributed by atoms with Crippen molar-refractivity contribution in [2.45, 2.75) is 13.0 Å². The van der Waals surface area contributed by atoms with Crippen molar-refractivity contribution < 1.29 is 9.66 Å². The predicted molar refractivity (Wildman–Crippen MR) is 84.9 cm³/mol. The van der Waals surface area contributed by atoms with Gasteiger partial charge in [0.2, 0.25) is 0 Å². The first kappa shape index (κ1) is 15.8. The summed E-state index contributed by atoms with van der Waals surface area (Å²) in [4.78, 5) is 10.2. The van der Waals surface area contributed by atoms with E-state index >= 15 is 0 Å². The lowest BCUT2D eigenvalue weighted by atomic mass is 10.1. The smallest absolute Gasteiger partial charge is 0.288 e. The Bertz CT molecular complexity index is 692. The van der Waals surface area contributed by atoms with Crippen LogP contribution >= 0.6 is 27.5 Å². The summed E-state index contributed by atoms with van der Waals surface area (Å²) in [5.74, 6) is 0.990. The van der Waals surface area contributed by atoms with Crippen LogP contribution in [-0.2, 0) is 0 Å². The molecule has 0 amide bonds. The van der Waals surface area contributed by atoms with E-state index in [9.17, 15) is 10.1 Å². The topological polar surface area (TPSA) is 78.4 Å². The third-order valence-electron chi connectivity index (χ3n) is 2.83. The number of benzene rings is 2. The largest absolute Gasteiger partial charge is 0.456 e. The average Bonchev–Trinajstić information content (AvgIpc) is 2.40. The second-order valence-corrected chi connectivity index (χ2v) is 5.71. The van der Waals surface area contributed by atoms with E-state index < -0.39 is 4.92 Å². The fourth-order valence-corrected chi connectivity index (χ4v) is 2.43. The molecule has 0 saturated heterocycles. The third-order valence-corrected chi connectivity index (χ3v) is 3.75. The molecule has 0 aromatic heterocycles. The standard InChI is InChI=1S/C14H12BrClN2O3/c1-8(17)9-2-5-14(11(15)6-9)21-10-3-4-13(18(19)20)12(16)7-10/h2-8H,17H2,1H3/t8-/m0/s1. The summed E-state index contributed by atoms with van der Waals surface area (Å²) >= 11 is 9.25. The van der Waals surface area contributed by atoms with Crippen molar-refractivity contribution in [3.8, 4) is 11.5 Å². The number of halogens is 2. The van der Waals surface area contributed by atoms with Gasteiger partial charge in [-0.1, -0.05) is 17.7 Å². The summed E-state index contributed by atoms with van der Waals surface area (Å²) in [6, 6.07) is 9.64. The number of ether oxygens (including phenoxy) is 1. The Hall–Kier alpha value is -1.63. The van der Waals surface area contributed by atoms with Gasteiger partial charge in [-0.3, -0.25) is 10.1 Å². The highest BCUT2D eigenvalue weighted by molar-refractivity contribution is 9.10. The van der Waals surface area contributed by atoms with Crippen LogP contribution < -0.4 is 10.5 Å². The van der Waals surface area contributed by atoms with Crippen LogP contribution in [0.1, 0.15) is 18.5 Å². The highest BCUT2D eigenvalue weighted by atomic mass is 79.9. The summed E-state index contributed by atoms with van der Waals surface area (Å²) in [5.41, 5.74) is 6.62. The molecule has 1 atom stereocenters. The molecule has 5 nitrogen and oxygen atoms in total. The summed E-state index contributed by atoms with van der Waals surface area (Å²) < 4.78 is 6.41. The Kier molecular flexibility index (Phi) is 4.82. The molecular weight excluding hydrogens is 360 g/mol. The molecule has 2 N–H and O–H groups in total. The van der Waals surface area contributed by atoms with Gasteiger partial charge in [-0.05, 0) is 46.6 Å². The number of nitro benzene ring substituents is 1. The van der Waals surface area contributed by atoms with Crippen LogP contribution in [0.5, 0.6) is 11.5 Å². The van der Waals surface area contributed by atoms with Gasteiger partial charge in [0.25, 0.3) is 5.69 Å². The van der Waals surface area contributed by atoms with Crippen LogP contribution in [0.2, 0.25) is 5.02 Å². The van der Waals surface area contributed by atoms with E-state index in [1.807, 2.05) is 19.1 Å². The molecule has 2 aromatic rings. The van der Waals surface area contributed by atoms with Crippen LogP contribution in [0, 0.1) is 10.1 Å². The zero-order valence-corrected chi connectivity index (χ0v) is 13.4. The Morgan fingerprint density at radius 2 is 2.05 bits per heavy atom. The highest BCUT2D eigenvalue weighted by Gasteiger charge is 2.13. The van der Waals surface area contributed by atoms with Crippen molar-refractivity contribution in [1.82, 2.24) is 0 Å². The molecule has 0 unspecified atom stereocenters.